The highest BCUT2D eigenvalue weighted by Gasteiger charge is 2.15. The molecule has 0 bridgehead atoms. The van der Waals surface area contributed by atoms with Crippen molar-refractivity contribution in [2.45, 2.75) is 6.92 Å². The lowest BCUT2D eigenvalue weighted by Gasteiger charge is -2.05. The smallest absolute Gasteiger partial charge is 0.287 e. The van der Waals surface area contributed by atoms with E-state index < -0.39 is 0 Å². The van der Waals surface area contributed by atoms with Crippen molar-refractivity contribution >= 4 is 33.4 Å². The van der Waals surface area contributed by atoms with E-state index in [1.54, 1.807) is 19.2 Å². The summed E-state index contributed by atoms with van der Waals surface area (Å²) < 4.78 is 0.952. The fourth-order valence-corrected chi connectivity index (χ4v) is 3.13. The quantitative estimate of drug-likeness (QED) is 0.611. The Balaban J connectivity index is 1.64. The fraction of sp³-hybridized carbons (Fsp3) is 0.0588. The van der Waals surface area contributed by atoms with Gasteiger partial charge in [-0.1, -0.05) is 18.2 Å². The van der Waals surface area contributed by atoms with Crippen molar-refractivity contribution in [3.05, 3.63) is 59.5 Å². The van der Waals surface area contributed by atoms with Gasteiger partial charge < -0.3 is 0 Å². The zero-order valence-corrected chi connectivity index (χ0v) is 14.0. The summed E-state index contributed by atoms with van der Waals surface area (Å²) in [4.78, 5) is 33.7. The summed E-state index contributed by atoms with van der Waals surface area (Å²) in [6.45, 7) is 1.74. The van der Waals surface area contributed by atoms with Crippen molar-refractivity contribution in [2.75, 3.05) is 5.32 Å². The minimum Gasteiger partial charge on any atom is -0.288 e. The van der Waals surface area contributed by atoms with Gasteiger partial charge in [0.25, 0.3) is 5.91 Å². The number of fused-ring (bicyclic) bond motifs is 1. The summed E-state index contributed by atoms with van der Waals surface area (Å²) in [6.07, 6.45) is 1.66. The molecule has 0 aliphatic carbocycles. The van der Waals surface area contributed by atoms with E-state index in [4.69, 9.17) is 0 Å². The van der Waals surface area contributed by atoms with Gasteiger partial charge in [0.1, 0.15) is 11.5 Å². The van der Waals surface area contributed by atoms with Crippen LogP contribution in [0.25, 0.3) is 21.7 Å². The number of nitrogens with one attached hydrogen (secondary N) is 1. The molecule has 7 nitrogen and oxygen atoms in total. The van der Waals surface area contributed by atoms with Crippen LogP contribution in [-0.4, -0.2) is 30.8 Å². The van der Waals surface area contributed by atoms with Crippen LogP contribution in [0.4, 0.5) is 5.95 Å². The molecule has 25 heavy (non-hydrogen) atoms. The number of hydrogen-bond acceptors (Lipinski definition) is 7. The molecule has 0 radical (unpaired) electrons. The Hall–Kier alpha value is -3.26. The van der Waals surface area contributed by atoms with Crippen molar-refractivity contribution in [3.8, 4) is 11.5 Å². The van der Waals surface area contributed by atoms with Crippen LogP contribution in [0, 0.1) is 6.92 Å². The van der Waals surface area contributed by atoms with Crippen LogP contribution >= 0.6 is 11.3 Å². The van der Waals surface area contributed by atoms with E-state index in [1.807, 2.05) is 36.4 Å². The molecule has 8 heteroatoms. The minimum absolute atomic E-state index is 0.178. The molecular weight excluding hydrogens is 336 g/mol. The maximum Gasteiger partial charge on any atom is 0.287 e. The first kappa shape index (κ1) is 15.3. The molecule has 3 aromatic heterocycles. The third kappa shape index (κ3) is 3.20. The maximum atomic E-state index is 12.5. The summed E-state index contributed by atoms with van der Waals surface area (Å²) in [6, 6.07) is 13.1. The van der Waals surface area contributed by atoms with Crippen molar-refractivity contribution in [3.63, 3.8) is 0 Å². The number of pyridine rings is 1. The molecule has 1 N–H and O–H groups in total. The van der Waals surface area contributed by atoms with Crippen LogP contribution in [0.15, 0.2) is 48.7 Å². The highest BCUT2D eigenvalue weighted by molar-refractivity contribution is 7.20. The van der Waals surface area contributed by atoms with Crippen molar-refractivity contribution in [1.82, 2.24) is 24.9 Å². The first-order valence-corrected chi connectivity index (χ1v) is 8.32. The highest BCUT2D eigenvalue weighted by Crippen LogP contribution is 2.22. The molecule has 0 saturated carbocycles. The number of aromatic nitrogens is 5. The topological polar surface area (TPSA) is 93.6 Å². The number of anilines is 1. The van der Waals surface area contributed by atoms with E-state index >= 15 is 0 Å². The third-order valence-electron chi connectivity index (χ3n) is 3.35. The third-order valence-corrected chi connectivity index (χ3v) is 4.39. The number of benzene rings is 1. The average molecular weight is 348 g/mol. The second-order valence-corrected chi connectivity index (χ2v) is 6.22. The second kappa shape index (κ2) is 6.33. The molecule has 4 aromatic rings. The number of nitrogens with zero attached hydrogens (tertiary/aromatic N) is 5. The summed E-state index contributed by atoms with van der Waals surface area (Å²) in [7, 11) is 0. The average Bonchev–Trinajstić information content (AvgIpc) is 3.06. The molecule has 0 fully saturated rings. The van der Waals surface area contributed by atoms with Crippen LogP contribution in [0.1, 0.15) is 15.6 Å². The van der Waals surface area contributed by atoms with E-state index in [0.29, 0.717) is 22.4 Å². The molecule has 1 amide bonds. The van der Waals surface area contributed by atoms with Crippen LogP contribution in [-0.2, 0) is 0 Å². The van der Waals surface area contributed by atoms with Crippen LogP contribution in [0.3, 0.4) is 0 Å². The summed E-state index contributed by atoms with van der Waals surface area (Å²) in [5, 5.41) is 3.05. The molecule has 0 spiro atoms. The molecule has 0 saturated heterocycles. The Kier molecular flexibility index (Phi) is 3.87. The standard InChI is InChI=1S/C17H12N6OS/c1-10-19-14(12-7-4-5-9-18-12)22-17(20-10)23-15(24)16-21-11-6-2-3-8-13(11)25-16/h2-9H,1H3,(H,19,20,22,23,24). The number of aryl methyl sites for hydroxylation is 1. The highest BCUT2D eigenvalue weighted by atomic mass is 32.1. The number of amides is 1. The fourth-order valence-electron chi connectivity index (χ4n) is 2.27. The van der Waals surface area contributed by atoms with E-state index in [2.05, 4.69) is 30.2 Å². The predicted octanol–water partition coefficient (Wildman–Crippen LogP) is 3.10. The molecular formula is C17H12N6OS. The summed E-state index contributed by atoms with van der Waals surface area (Å²) in [5.41, 5.74) is 1.40. The lowest BCUT2D eigenvalue weighted by molar-refractivity contribution is 0.102. The lowest BCUT2D eigenvalue weighted by atomic mass is 10.3. The van der Waals surface area contributed by atoms with Gasteiger partial charge in [0.2, 0.25) is 5.95 Å². The van der Waals surface area contributed by atoms with Gasteiger partial charge in [-0.2, -0.15) is 9.97 Å². The Bertz CT molecular complexity index is 1030. The molecule has 0 aliphatic rings. The van der Waals surface area contributed by atoms with E-state index in [1.165, 1.54) is 11.3 Å². The van der Waals surface area contributed by atoms with Crippen LogP contribution < -0.4 is 5.32 Å². The van der Waals surface area contributed by atoms with Gasteiger partial charge in [-0.05, 0) is 31.2 Å². The van der Waals surface area contributed by atoms with Crippen LogP contribution in [0.5, 0.6) is 0 Å². The second-order valence-electron chi connectivity index (χ2n) is 5.19. The summed E-state index contributed by atoms with van der Waals surface area (Å²) in [5.74, 6) is 0.735. The van der Waals surface area contributed by atoms with E-state index in [-0.39, 0.29) is 11.9 Å². The van der Waals surface area contributed by atoms with Crippen molar-refractivity contribution in [2.24, 2.45) is 0 Å². The molecule has 122 valence electrons. The maximum absolute atomic E-state index is 12.5. The molecule has 1 aromatic carbocycles. The molecule has 4 rings (SSSR count). The SMILES string of the molecule is Cc1nc(NC(=O)c2nc3ccccc3s2)nc(-c2ccccn2)n1. The first-order valence-electron chi connectivity index (χ1n) is 7.50. The van der Waals surface area contributed by atoms with Crippen LogP contribution in [0.2, 0.25) is 0 Å². The van der Waals surface area contributed by atoms with Crippen molar-refractivity contribution < 1.29 is 4.79 Å². The zero-order valence-electron chi connectivity index (χ0n) is 13.2. The molecule has 3 heterocycles. The Morgan fingerprint density at radius 2 is 1.84 bits per heavy atom. The number of para-hydroxylation sites is 1. The Morgan fingerprint density at radius 3 is 2.64 bits per heavy atom. The van der Waals surface area contributed by atoms with E-state index in [9.17, 15) is 4.79 Å². The van der Waals surface area contributed by atoms with E-state index in [0.717, 1.165) is 10.2 Å². The number of thiazole rings is 1. The Morgan fingerprint density at radius 1 is 1.00 bits per heavy atom. The van der Waals surface area contributed by atoms with Gasteiger partial charge in [0, 0.05) is 6.20 Å². The lowest BCUT2D eigenvalue weighted by Crippen LogP contribution is -2.15. The number of rotatable bonds is 3. The van der Waals surface area contributed by atoms with Gasteiger partial charge >= 0.3 is 0 Å². The van der Waals surface area contributed by atoms with Gasteiger partial charge in [0.05, 0.1) is 10.2 Å². The van der Waals surface area contributed by atoms with Gasteiger partial charge in [-0.15, -0.1) is 11.3 Å². The number of carbonyl (C=O) groups is 1. The number of carbonyl (C=O) groups excluding carboxylic acids is 1. The minimum atomic E-state index is -0.348. The number of hydrogen-bond donors (Lipinski definition) is 1. The predicted molar refractivity (Wildman–Crippen MR) is 95.4 cm³/mol. The normalized spacial score (nSPS) is 10.8. The molecule has 0 aliphatic heterocycles. The van der Waals surface area contributed by atoms with Gasteiger partial charge in [-0.3, -0.25) is 15.1 Å². The largest absolute Gasteiger partial charge is 0.288 e. The first-order chi connectivity index (χ1) is 12.2. The molecule has 0 unspecified atom stereocenters. The van der Waals surface area contributed by atoms with Gasteiger partial charge in [-0.25, -0.2) is 9.97 Å². The summed E-state index contributed by atoms with van der Waals surface area (Å²) >= 11 is 1.32. The van der Waals surface area contributed by atoms with Crippen molar-refractivity contribution in [1.29, 1.82) is 0 Å². The van der Waals surface area contributed by atoms with Gasteiger partial charge in [0.15, 0.2) is 10.8 Å². The zero-order chi connectivity index (χ0) is 17.2. The Labute approximate surface area is 146 Å². The monoisotopic (exact) mass is 348 g/mol. The molecule has 0 atom stereocenters.